The van der Waals surface area contributed by atoms with Gasteiger partial charge in [-0.05, 0) is 51.4 Å². The normalized spacial score (nSPS) is 28.8. The van der Waals surface area contributed by atoms with Crippen molar-refractivity contribution in [2.45, 2.75) is 362 Å². The molecule has 0 saturated carbocycles. The van der Waals surface area contributed by atoms with E-state index in [0.717, 1.165) is 64.2 Å². The van der Waals surface area contributed by atoms with E-state index in [9.17, 15) is 61.0 Å². The molecule has 3 saturated heterocycles. The third kappa shape index (κ3) is 32.9. The van der Waals surface area contributed by atoms with E-state index in [0.29, 0.717) is 12.8 Å². The van der Waals surface area contributed by atoms with Crippen LogP contribution in [0.3, 0.4) is 0 Å². The van der Waals surface area contributed by atoms with Crippen LogP contribution in [0.4, 0.5) is 0 Å². The Kier molecular flexibility index (Phi) is 46.0. The Morgan fingerprint density at radius 3 is 1.18 bits per heavy atom. The van der Waals surface area contributed by atoms with E-state index in [1.54, 1.807) is 0 Å². The zero-order valence-electron chi connectivity index (χ0n) is 53.8. The Labute approximate surface area is 523 Å². The van der Waals surface area contributed by atoms with Gasteiger partial charge in [-0.15, -0.1) is 0 Å². The Morgan fingerprint density at radius 2 is 0.759 bits per heavy atom. The molecule has 87 heavy (non-hydrogen) atoms. The minimum atomic E-state index is -1.97. The average Bonchev–Trinajstić information content (AvgIpc) is 1.15. The number of hydrogen-bond donors (Lipinski definition) is 12. The van der Waals surface area contributed by atoms with Gasteiger partial charge in [0.1, 0.15) is 73.2 Å². The Bertz CT molecular complexity index is 1720. The van der Waals surface area contributed by atoms with E-state index in [4.69, 9.17) is 28.4 Å². The van der Waals surface area contributed by atoms with Crippen molar-refractivity contribution in [3.8, 4) is 0 Å². The van der Waals surface area contributed by atoms with Gasteiger partial charge >= 0.3 is 0 Å². The number of aliphatic hydroxyl groups excluding tert-OH is 11. The van der Waals surface area contributed by atoms with E-state index in [1.165, 1.54) is 161 Å². The molecule has 3 fully saturated rings. The SMILES string of the molecule is CCCCCCC/C=C\C/C=C\C/C=C\CCCCCCCCCCCCC(=O)NC(COC1OC(CO)C(OC2OC(CO)C(OC3OC(CO)C(O)C(O)C3O)C(O)C2O)C(O)C1O)C(O)CCCCCCCCCCCCCCCCCCC. The first-order chi connectivity index (χ1) is 42.3. The number of aliphatic hydroxyl groups is 11. The lowest BCUT2D eigenvalue weighted by Crippen LogP contribution is -2.66. The summed E-state index contributed by atoms with van der Waals surface area (Å²) in [7, 11) is 0. The molecule has 3 aliphatic heterocycles. The second kappa shape index (κ2) is 50.6. The first-order valence-corrected chi connectivity index (χ1v) is 34.7. The fourth-order valence-electron chi connectivity index (χ4n) is 11.8. The van der Waals surface area contributed by atoms with Crippen LogP contribution < -0.4 is 5.32 Å². The van der Waals surface area contributed by atoms with Crippen LogP contribution in [-0.2, 0) is 33.2 Å². The van der Waals surface area contributed by atoms with Crippen molar-refractivity contribution in [2.24, 2.45) is 0 Å². The molecule has 3 rings (SSSR count). The molecule has 19 heteroatoms. The van der Waals surface area contributed by atoms with E-state index in [1.807, 2.05) is 0 Å². The summed E-state index contributed by atoms with van der Waals surface area (Å²) in [6.45, 7) is 1.80. The van der Waals surface area contributed by atoms with E-state index in [-0.39, 0.29) is 18.9 Å². The summed E-state index contributed by atoms with van der Waals surface area (Å²) < 4.78 is 34.4. The molecule has 0 spiro atoms. The van der Waals surface area contributed by atoms with Crippen LogP contribution >= 0.6 is 0 Å². The van der Waals surface area contributed by atoms with E-state index in [2.05, 4.69) is 55.6 Å². The minimum Gasteiger partial charge on any atom is -0.394 e. The van der Waals surface area contributed by atoms with Gasteiger partial charge in [-0.3, -0.25) is 4.79 Å². The zero-order chi connectivity index (χ0) is 63.3. The highest BCUT2D eigenvalue weighted by Gasteiger charge is 2.53. The van der Waals surface area contributed by atoms with Gasteiger partial charge in [-0.2, -0.15) is 0 Å². The molecule has 3 aliphatic rings. The molecule has 0 aliphatic carbocycles. The fraction of sp³-hybridized carbons (Fsp3) is 0.897. The molecule has 17 unspecified atom stereocenters. The van der Waals surface area contributed by atoms with Crippen molar-refractivity contribution in [3.63, 3.8) is 0 Å². The number of rotatable bonds is 53. The molecule has 1 amide bonds. The lowest BCUT2D eigenvalue weighted by atomic mass is 9.96. The van der Waals surface area contributed by atoms with Gasteiger partial charge in [-0.1, -0.05) is 237 Å². The molecule has 0 aromatic carbocycles. The number of carbonyl (C=O) groups excluding carboxylic acids is 1. The smallest absolute Gasteiger partial charge is 0.220 e. The van der Waals surface area contributed by atoms with Crippen molar-refractivity contribution in [3.05, 3.63) is 36.5 Å². The van der Waals surface area contributed by atoms with Crippen molar-refractivity contribution in [2.75, 3.05) is 26.4 Å². The lowest BCUT2D eigenvalue weighted by molar-refractivity contribution is -0.379. The Balaban J connectivity index is 1.43. The Morgan fingerprint density at radius 1 is 0.414 bits per heavy atom. The summed E-state index contributed by atoms with van der Waals surface area (Å²) in [4.78, 5) is 13.4. The van der Waals surface area contributed by atoms with Crippen LogP contribution in [0.2, 0.25) is 0 Å². The zero-order valence-corrected chi connectivity index (χ0v) is 53.8. The molecule has 17 atom stereocenters. The van der Waals surface area contributed by atoms with Crippen molar-refractivity contribution < 1.29 is 89.4 Å². The molecule has 0 bridgehead atoms. The van der Waals surface area contributed by atoms with Crippen LogP contribution in [0.1, 0.15) is 258 Å². The van der Waals surface area contributed by atoms with Crippen LogP contribution in [0.25, 0.3) is 0 Å². The molecular weight excluding hydrogens is 1120 g/mol. The number of allylic oxidation sites excluding steroid dienone is 6. The first kappa shape index (κ1) is 79.2. The van der Waals surface area contributed by atoms with Crippen LogP contribution in [0, 0.1) is 0 Å². The highest BCUT2D eigenvalue weighted by molar-refractivity contribution is 5.76. The van der Waals surface area contributed by atoms with Crippen LogP contribution in [0.15, 0.2) is 36.5 Å². The van der Waals surface area contributed by atoms with Gasteiger partial charge in [0.05, 0.1) is 38.6 Å². The van der Waals surface area contributed by atoms with Gasteiger partial charge in [-0.25, -0.2) is 0 Å². The monoisotopic (exact) mass is 1240 g/mol. The number of carbonyl (C=O) groups is 1. The number of nitrogens with one attached hydrogen (secondary N) is 1. The van der Waals surface area contributed by atoms with Gasteiger partial charge in [0.2, 0.25) is 5.91 Å². The third-order valence-electron chi connectivity index (χ3n) is 17.5. The standard InChI is InChI=1S/C68H125NO18/c1-3-5-7-9-11-13-15-17-19-21-22-23-24-25-26-27-28-30-32-34-36-38-40-42-44-46-56(74)69-51(52(73)45-43-41-39-37-35-33-31-29-20-18-16-14-12-10-8-6-4-2)50-82-66-62(80)59(77)64(54(48-71)84-66)87-68-63(81)60(78)65(55(49-72)85-68)86-67-61(79)58(76)57(75)53(47-70)83-67/h15,17,21-22,24-25,51-55,57-68,70-73,75-81H,3-14,16,18-20,23,26-50H2,1-2H3,(H,69,74)/b17-15-,22-21-,25-24-. The molecule has 3 heterocycles. The first-order valence-electron chi connectivity index (χ1n) is 34.7. The van der Waals surface area contributed by atoms with Gasteiger partial charge in [0.25, 0.3) is 0 Å². The van der Waals surface area contributed by atoms with Crippen LogP contribution in [-0.4, -0.2) is 193 Å². The van der Waals surface area contributed by atoms with Crippen molar-refractivity contribution >= 4 is 5.91 Å². The quantitative estimate of drug-likeness (QED) is 0.0200. The predicted octanol–water partition coefficient (Wildman–Crippen LogP) is 8.83. The van der Waals surface area contributed by atoms with E-state index < -0.39 is 124 Å². The van der Waals surface area contributed by atoms with Gasteiger partial charge in [0, 0.05) is 6.42 Å². The molecule has 12 N–H and O–H groups in total. The topological polar surface area (TPSA) is 307 Å². The molecule has 0 radical (unpaired) electrons. The number of amides is 1. The van der Waals surface area contributed by atoms with Crippen molar-refractivity contribution in [1.29, 1.82) is 0 Å². The summed E-state index contributed by atoms with van der Waals surface area (Å²) in [6.07, 6.45) is 30.7. The molecule has 0 aromatic heterocycles. The minimum absolute atomic E-state index is 0.245. The van der Waals surface area contributed by atoms with E-state index >= 15 is 0 Å². The summed E-state index contributed by atoms with van der Waals surface area (Å²) >= 11 is 0. The lowest BCUT2D eigenvalue weighted by Gasteiger charge is -2.48. The molecular formula is C68H125NO18. The maximum Gasteiger partial charge on any atom is 0.220 e. The largest absolute Gasteiger partial charge is 0.394 e. The summed E-state index contributed by atoms with van der Waals surface area (Å²) in [5.41, 5.74) is 0. The van der Waals surface area contributed by atoms with Crippen LogP contribution in [0.5, 0.6) is 0 Å². The second-order valence-corrected chi connectivity index (χ2v) is 25.0. The number of unbranched alkanes of at least 4 members (excludes halogenated alkanes) is 31. The highest BCUT2D eigenvalue weighted by atomic mass is 16.8. The fourth-order valence-corrected chi connectivity index (χ4v) is 11.8. The molecule has 19 nitrogen and oxygen atoms in total. The van der Waals surface area contributed by atoms with Gasteiger partial charge in [0.15, 0.2) is 18.9 Å². The molecule has 0 aromatic rings. The maximum absolute atomic E-state index is 13.4. The Hall–Kier alpha value is -1.99. The average molecular weight is 1240 g/mol. The highest BCUT2D eigenvalue weighted by Crippen LogP contribution is 2.33. The summed E-state index contributed by atoms with van der Waals surface area (Å²) in [5, 5.41) is 121. The molecule has 510 valence electrons. The second-order valence-electron chi connectivity index (χ2n) is 25.0. The number of hydrogen-bond acceptors (Lipinski definition) is 18. The predicted molar refractivity (Wildman–Crippen MR) is 337 cm³/mol. The number of ether oxygens (including phenoxy) is 6. The summed E-state index contributed by atoms with van der Waals surface area (Å²) in [5.74, 6) is -0.245. The maximum atomic E-state index is 13.4. The summed E-state index contributed by atoms with van der Waals surface area (Å²) in [6, 6.07) is -0.890. The third-order valence-corrected chi connectivity index (χ3v) is 17.5. The van der Waals surface area contributed by atoms with Gasteiger partial charge < -0.3 is 89.9 Å². The van der Waals surface area contributed by atoms with Crippen molar-refractivity contribution in [1.82, 2.24) is 5.32 Å².